The zero-order valence-electron chi connectivity index (χ0n) is 15.2. The molecule has 0 aliphatic rings. The smallest absolute Gasteiger partial charge is 0.204 e. The van der Waals surface area contributed by atoms with E-state index in [0.717, 1.165) is 34.4 Å². The Morgan fingerprint density at radius 3 is 2.07 bits per heavy atom. The summed E-state index contributed by atoms with van der Waals surface area (Å²) < 4.78 is 0. The topological polar surface area (TPSA) is 162 Å². The van der Waals surface area contributed by atoms with Gasteiger partial charge in [0.25, 0.3) is 0 Å². The normalized spacial score (nSPS) is 11.4. The molecular formula is C14H23N11S2. The lowest BCUT2D eigenvalue weighted by Gasteiger charge is -2.07. The van der Waals surface area contributed by atoms with Crippen molar-refractivity contribution in [3.05, 3.63) is 11.4 Å². The highest BCUT2D eigenvalue weighted by Crippen LogP contribution is 2.16. The van der Waals surface area contributed by atoms with Gasteiger partial charge in [-0.25, -0.2) is 0 Å². The van der Waals surface area contributed by atoms with Crippen LogP contribution in [0.3, 0.4) is 0 Å². The number of nitriles is 2. The zero-order valence-corrected chi connectivity index (χ0v) is 16.9. The molecule has 0 aromatic carbocycles. The summed E-state index contributed by atoms with van der Waals surface area (Å²) in [5, 5.41) is 39.1. The molecule has 1 rings (SSSR count). The second kappa shape index (κ2) is 14.5. The molecule has 0 atom stereocenters. The first kappa shape index (κ1) is 22.4. The number of aromatic nitrogens is 3. The quantitative estimate of drug-likeness (QED) is 0.113. The predicted molar refractivity (Wildman–Crippen MR) is 109 cm³/mol. The van der Waals surface area contributed by atoms with Gasteiger partial charge in [0.2, 0.25) is 11.9 Å². The third kappa shape index (κ3) is 9.58. The van der Waals surface area contributed by atoms with Crippen molar-refractivity contribution in [1.82, 2.24) is 36.7 Å². The van der Waals surface area contributed by atoms with Gasteiger partial charge in [0.15, 0.2) is 12.4 Å². The zero-order chi connectivity index (χ0) is 19.7. The Balaban J connectivity index is 2.21. The molecule has 5 N–H and O–H groups in total. The molecule has 27 heavy (non-hydrogen) atoms. The average Bonchev–Trinajstić information content (AvgIpc) is 3.13. The number of nitrogens with zero attached hydrogens (tertiary/aromatic N) is 6. The number of guanidine groups is 2. The highest BCUT2D eigenvalue weighted by Gasteiger charge is 2.07. The van der Waals surface area contributed by atoms with E-state index >= 15 is 0 Å². The average molecular weight is 410 g/mol. The van der Waals surface area contributed by atoms with Gasteiger partial charge in [-0.15, -0.1) is 5.10 Å². The second-order valence-corrected chi connectivity index (χ2v) is 7.02. The minimum absolute atomic E-state index is 0.464. The first-order valence-corrected chi connectivity index (χ1v) is 10.3. The Labute approximate surface area is 166 Å². The number of nitrogens with one attached hydrogen (secondary N) is 5. The van der Waals surface area contributed by atoms with Gasteiger partial charge >= 0.3 is 0 Å². The molecule has 0 saturated heterocycles. The lowest BCUT2D eigenvalue weighted by molar-refractivity contribution is 0.915. The highest BCUT2D eigenvalue weighted by atomic mass is 32.2. The Hall–Kier alpha value is -2.64. The fourth-order valence-electron chi connectivity index (χ4n) is 1.79. The first-order chi connectivity index (χ1) is 13.2. The lowest BCUT2D eigenvalue weighted by atomic mass is 10.4. The van der Waals surface area contributed by atoms with Crippen LogP contribution in [-0.4, -0.2) is 66.0 Å². The first-order valence-electron chi connectivity index (χ1n) is 8.00. The molecule has 146 valence electrons. The number of rotatable bonds is 10. The summed E-state index contributed by atoms with van der Waals surface area (Å²) >= 11 is 3.46. The van der Waals surface area contributed by atoms with Gasteiger partial charge in [0.05, 0.1) is 11.4 Å². The molecule has 0 bridgehead atoms. The van der Waals surface area contributed by atoms with E-state index in [1.165, 1.54) is 0 Å². The molecule has 11 nitrogen and oxygen atoms in total. The molecule has 0 amide bonds. The minimum Gasteiger partial charge on any atom is -0.355 e. The number of hydrogen-bond acceptors (Lipinski definition) is 8. The monoisotopic (exact) mass is 409 g/mol. The van der Waals surface area contributed by atoms with Crippen LogP contribution < -0.4 is 21.3 Å². The van der Waals surface area contributed by atoms with E-state index in [-0.39, 0.29) is 0 Å². The minimum atomic E-state index is 0.464. The van der Waals surface area contributed by atoms with Gasteiger partial charge < -0.3 is 10.6 Å². The van der Waals surface area contributed by atoms with Gasteiger partial charge in [0, 0.05) is 50.2 Å². The van der Waals surface area contributed by atoms with Crippen LogP contribution in [0.1, 0.15) is 11.4 Å². The molecular weight excluding hydrogens is 386 g/mol. The standard InChI is InChI=1S/C14H23N11S2/c1-17-13(21-9-15)19-3-5-26-7-11-12(24-25-23-11)8-27-6-4-20-14(18-2)22-10-16/h3-8H2,1-2H3,(H2,17,19,21)(H2,18,20,22)(H,23,24,25). The third-order valence-corrected chi connectivity index (χ3v) is 5.02. The van der Waals surface area contributed by atoms with Crippen molar-refractivity contribution in [1.29, 1.82) is 10.5 Å². The molecule has 0 fully saturated rings. The number of thioether (sulfide) groups is 2. The van der Waals surface area contributed by atoms with Crippen molar-refractivity contribution in [3.8, 4) is 12.4 Å². The van der Waals surface area contributed by atoms with Crippen LogP contribution >= 0.6 is 23.5 Å². The number of hydrogen-bond donors (Lipinski definition) is 5. The molecule has 0 radical (unpaired) electrons. The van der Waals surface area contributed by atoms with Crippen LogP contribution in [0.2, 0.25) is 0 Å². The third-order valence-electron chi connectivity index (χ3n) is 3.06. The molecule has 0 aliphatic heterocycles. The van der Waals surface area contributed by atoms with Gasteiger partial charge in [-0.1, -0.05) is 5.21 Å². The Kier molecular flexibility index (Phi) is 12.0. The summed E-state index contributed by atoms with van der Waals surface area (Å²) in [4.78, 5) is 7.83. The van der Waals surface area contributed by atoms with Crippen molar-refractivity contribution in [2.75, 3.05) is 38.7 Å². The van der Waals surface area contributed by atoms with Crippen LogP contribution in [-0.2, 0) is 11.5 Å². The van der Waals surface area contributed by atoms with Crippen LogP contribution in [0.4, 0.5) is 0 Å². The van der Waals surface area contributed by atoms with E-state index in [1.807, 2.05) is 12.4 Å². The summed E-state index contributed by atoms with van der Waals surface area (Å²) in [5.74, 6) is 4.17. The summed E-state index contributed by atoms with van der Waals surface area (Å²) in [5.41, 5.74) is 1.96. The van der Waals surface area contributed by atoms with E-state index in [1.54, 1.807) is 37.6 Å². The second-order valence-electron chi connectivity index (χ2n) is 4.81. The molecule has 0 unspecified atom stereocenters. The summed E-state index contributed by atoms with van der Waals surface area (Å²) in [6.45, 7) is 1.39. The predicted octanol–water partition coefficient (Wildman–Crippen LogP) is -0.437. The summed E-state index contributed by atoms with van der Waals surface area (Å²) in [7, 11) is 3.23. The van der Waals surface area contributed by atoms with E-state index < -0.39 is 0 Å². The van der Waals surface area contributed by atoms with E-state index in [9.17, 15) is 0 Å². The maximum Gasteiger partial charge on any atom is 0.204 e. The van der Waals surface area contributed by atoms with Crippen LogP contribution in [0, 0.1) is 22.9 Å². The van der Waals surface area contributed by atoms with Crippen molar-refractivity contribution in [3.63, 3.8) is 0 Å². The van der Waals surface area contributed by atoms with Crippen molar-refractivity contribution >= 4 is 35.4 Å². The fourth-order valence-corrected chi connectivity index (χ4v) is 3.43. The SMILES string of the molecule is CN=C(NC#N)NCCSCc1nn[nH]c1CSCCNC(=NC)NC#N. The highest BCUT2D eigenvalue weighted by molar-refractivity contribution is 7.98. The lowest BCUT2D eigenvalue weighted by Crippen LogP contribution is -2.35. The Morgan fingerprint density at radius 2 is 1.56 bits per heavy atom. The Morgan fingerprint density at radius 1 is 1.00 bits per heavy atom. The van der Waals surface area contributed by atoms with E-state index in [0.29, 0.717) is 25.0 Å². The maximum absolute atomic E-state index is 8.56. The van der Waals surface area contributed by atoms with Gasteiger partial charge in [-0.2, -0.15) is 34.0 Å². The summed E-state index contributed by atoms with van der Waals surface area (Å²) in [6, 6.07) is 0. The number of H-pyrrole nitrogens is 1. The summed E-state index contributed by atoms with van der Waals surface area (Å²) in [6.07, 6.45) is 3.66. The molecule has 1 aromatic rings. The molecule has 0 aliphatic carbocycles. The van der Waals surface area contributed by atoms with Gasteiger partial charge in [-0.05, 0) is 0 Å². The molecule has 13 heteroatoms. The Bertz CT molecular complexity index is 629. The van der Waals surface area contributed by atoms with Crippen LogP contribution in [0.5, 0.6) is 0 Å². The van der Waals surface area contributed by atoms with E-state index in [2.05, 4.69) is 46.7 Å². The maximum atomic E-state index is 8.56. The molecule has 1 aromatic heterocycles. The van der Waals surface area contributed by atoms with Crippen molar-refractivity contribution in [2.24, 2.45) is 9.98 Å². The van der Waals surface area contributed by atoms with Crippen molar-refractivity contribution in [2.45, 2.75) is 11.5 Å². The number of aliphatic imine (C=N–C) groups is 2. The molecule has 0 saturated carbocycles. The van der Waals surface area contributed by atoms with Gasteiger partial charge in [0.1, 0.15) is 0 Å². The van der Waals surface area contributed by atoms with Crippen LogP contribution in [0.25, 0.3) is 0 Å². The fraction of sp³-hybridized carbons (Fsp3) is 0.571. The van der Waals surface area contributed by atoms with Crippen LogP contribution in [0.15, 0.2) is 9.98 Å². The largest absolute Gasteiger partial charge is 0.355 e. The molecule has 1 heterocycles. The molecule has 0 spiro atoms. The van der Waals surface area contributed by atoms with E-state index in [4.69, 9.17) is 10.5 Å². The van der Waals surface area contributed by atoms with Crippen molar-refractivity contribution < 1.29 is 0 Å². The number of aromatic amines is 1. The van der Waals surface area contributed by atoms with Gasteiger partial charge in [-0.3, -0.25) is 25.7 Å².